The Kier molecular flexibility index (Phi) is 5.16. The molecule has 0 aliphatic rings. The predicted molar refractivity (Wildman–Crippen MR) is 84.2 cm³/mol. The van der Waals surface area contributed by atoms with Gasteiger partial charge in [-0.25, -0.2) is 0 Å². The zero-order chi connectivity index (χ0) is 15.4. The summed E-state index contributed by atoms with van der Waals surface area (Å²) in [5.41, 5.74) is 1.18. The molecule has 0 radical (unpaired) electrons. The molecule has 2 aromatic rings. The summed E-state index contributed by atoms with van der Waals surface area (Å²) in [5, 5.41) is 12.4. The monoisotopic (exact) mass is 342 g/mol. The minimum absolute atomic E-state index is 0.193. The number of hydrogen-bond acceptors (Lipinski definition) is 2. The Hall–Kier alpha value is -1.64. The standard InChI is InChI=1S/C14H9Cl3N2O2/c15-9-3-4-11(8(6-9)2-1-5-20)19-14(21)12-7-10(16)13(17)18-12/h3-4,6-7,18,20H,5H2,(H,19,21). The zero-order valence-electron chi connectivity index (χ0n) is 10.5. The number of carbonyl (C=O) groups is 1. The van der Waals surface area contributed by atoms with Crippen molar-refractivity contribution in [2.75, 3.05) is 11.9 Å². The van der Waals surface area contributed by atoms with Gasteiger partial charge in [-0.15, -0.1) is 0 Å². The molecular weight excluding hydrogens is 335 g/mol. The SMILES string of the molecule is O=C(Nc1ccc(Cl)cc1C#CCO)c1cc(Cl)c(Cl)[nH]1. The van der Waals surface area contributed by atoms with E-state index >= 15 is 0 Å². The molecular formula is C14H9Cl3N2O2. The van der Waals surface area contributed by atoms with Crippen LogP contribution in [0.15, 0.2) is 24.3 Å². The molecule has 21 heavy (non-hydrogen) atoms. The number of aromatic amines is 1. The first-order valence-corrected chi connectivity index (χ1v) is 6.89. The highest BCUT2D eigenvalue weighted by atomic mass is 35.5. The van der Waals surface area contributed by atoms with Gasteiger partial charge in [0.25, 0.3) is 5.91 Å². The third-order valence-corrected chi connectivity index (χ3v) is 3.43. The molecule has 0 atom stereocenters. The van der Waals surface area contributed by atoms with E-state index in [1.165, 1.54) is 6.07 Å². The van der Waals surface area contributed by atoms with Crippen molar-refractivity contribution in [3.63, 3.8) is 0 Å². The Bertz CT molecular complexity index is 725. The molecule has 0 bridgehead atoms. The van der Waals surface area contributed by atoms with Crippen LogP contribution >= 0.6 is 34.8 Å². The van der Waals surface area contributed by atoms with E-state index in [-0.39, 0.29) is 22.5 Å². The second-order valence-corrected chi connectivity index (χ2v) is 5.17. The number of halogens is 3. The predicted octanol–water partition coefficient (Wildman–Crippen LogP) is 3.57. The molecule has 3 N–H and O–H groups in total. The van der Waals surface area contributed by atoms with Crippen LogP contribution in [0.25, 0.3) is 0 Å². The number of hydrogen-bond donors (Lipinski definition) is 3. The smallest absolute Gasteiger partial charge is 0.272 e. The number of aromatic nitrogens is 1. The maximum absolute atomic E-state index is 12.1. The summed E-state index contributed by atoms with van der Waals surface area (Å²) in [7, 11) is 0. The molecule has 1 amide bonds. The van der Waals surface area contributed by atoms with E-state index in [2.05, 4.69) is 22.1 Å². The fourth-order valence-corrected chi connectivity index (χ4v) is 2.06. The molecule has 0 saturated heterocycles. The number of nitrogens with one attached hydrogen (secondary N) is 2. The molecule has 0 fully saturated rings. The average Bonchev–Trinajstić information content (AvgIpc) is 2.79. The van der Waals surface area contributed by atoms with Crippen molar-refractivity contribution in [1.82, 2.24) is 4.98 Å². The first-order valence-electron chi connectivity index (χ1n) is 5.76. The van der Waals surface area contributed by atoms with Crippen LogP contribution in [0.1, 0.15) is 16.1 Å². The fourth-order valence-electron chi connectivity index (χ4n) is 1.58. The van der Waals surface area contributed by atoms with E-state index in [1.54, 1.807) is 18.2 Å². The molecule has 0 aliphatic carbocycles. The molecule has 1 aromatic carbocycles. The van der Waals surface area contributed by atoms with Crippen LogP contribution in [0.2, 0.25) is 15.2 Å². The lowest BCUT2D eigenvalue weighted by molar-refractivity contribution is 0.102. The summed E-state index contributed by atoms with van der Waals surface area (Å²) in [5.74, 6) is 4.80. The van der Waals surface area contributed by atoms with Gasteiger partial charge in [-0.05, 0) is 24.3 Å². The van der Waals surface area contributed by atoms with Crippen LogP contribution in [-0.2, 0) is 0 Å². The number of anilines is 1. The van der Waals surface area contributed by atoms with Gasteiger partial charge >= 0.3 is 0 Å². The number of amides is 1. The minimum Gasteiger partial charge on any atom is -0.384 e. The Labute approximate surface area is 136 Å². The van der Waals surface area contributed by atoms with Gasteiger partial charge in [-0.3, -0.25) is 4.79 Å². The van der Waals surface area contributed by atoms with Gasteiger partial charge in [-0.2, -0.15) is 0 Å². The first kappa shape index (κ1) is 15.7. The summed E-state index contributed by atoms with van der Waals surface area (Å²) in [6, 6.07) is 6.26. The Morgan fingerprint density at radius 2 is 2.05 bits per heavy atom. The van der Waals surface area contributed by atoms with E-state index < -0.39 is 5.91 Å². The summed E-state index contributed by atoms with van der Waals surface area (Å²) < 4.78 is 0. The van der Waals surface area contributed by atoms with Crippen molar-refractivity contribution in [2.24, 2.45) is 0 Å². The normalized spacial score (nSPS) is 9.90. The Balaban J connectivity index is 2.28. The average molecular weight is 344 g/mol. The highest BCUT2D eigenvalue weighted by Gasteiger charge is 2.13. The summed E-state index contributed by atoms with van der Waals surface area (Å²) in [6.45, 7) is -0.290. The molecule has 0 spiro atoms. The van der Waals surface area contributed by atoms with Crippen molar-refractivity contribution in [2.45, 2.75) is 0 Å². The van der Waals surface area contributed by atoms with Crippen molar-refractivity contribution in [3.8, 4) is 11.8 Å². The summed E-state index contributed by atoms with van der Waals surface area (Å²) in [4.78, 5) is 14.8. The van der Waals surface area contributed by atoms with Gasteiger partial charge in [0.1, 0.15) is 17.5 Å². The van der Waals surface area contributed by atoms with Crippen molar-refractivity contribution >= 4 is 46.4 Å². The maximum Gasteiger partial charge on any atom is 0.272 e. The maximum atomic E-state index is 12.1. The molecule has 2 rings (SSSR count). The lowest BCUT2D eigenvalue weighted by Crippen LogP contribution is -2.13. The van der Waals surface area contributed by atoms with E-state index in [4.69, 9.17) is 39.9 Å². The minimum atomic E-state index is -0.418. The van der Waals surface area contributed by atoms with Gasteiger partial charge in [0, 0.05) is 10.6 Å². The highest BCUT2D eigenvalue weighted by Crippen LogP contribution is 2.24. The lowest BCUT2D eigenvalue weighted by atomic mass is 10.1. The lowest BCUT2D eigenvalue weighted by Gasteiger charge is -2.07. The zero-order valence-corrected chi connectivity index (χ0v) is 12.8. The molecule has 108 valence electrons. The second kappa shape index (κ2) is 6.88. The van der Waals surface area contributed by atoms with Crippen LogP contribution < -0.4 is 5.32 Å². The van der Waals surface area contributed by atoms with Gasteiger partial charge in [0.15, 0.2) is 0 Å². The number of H-pyrrole nitrogens is 1. The summed E-state index contributed by atoms with van der Waals surface area (Å²) in [6.07, 6.45) is 0. The number of benzene rings is 1. The topological polar surface area (TPSA) is 65.1 Å². The van der Waals surface area contributed by atoms with Crippen LogP contribution in [0.3, 0.4) is 0 Å². The highest BCUT2D eigenvalue weighted by molar-refractivity contribution is 6.41. The van der Waals surface area contributed by atoms with E-state index in [9.17, 15) is 4.79 Å². The molecule has 7 heteroatoms. The Morgan fingerprint density at radius 1 is 1.29 bits per heavy atom. The van der Waals surface area contributed by atoms with Crippen molar-refractivity contribution in [3.05, 3.63) is 50.7 Å². The molecule has 0 unspecified atom stereocenters. The van der Waals surface area contributed by atoms with Gasteiger partial charge in [0.2, 0.25) is 0 Å². The molecule has 1 heterocycles. The number of rotatable bonds is 2. The Morgan fingerprint density at radius 3 is 2.67 bits per heavy atom. The quantitative estimate of drug-likeness (QED) is 0.730. The van der Waals surface area contributed by atoms with E-state index in [0.717, 1.165) is 0 Å². The molecule has 1 aromatic heterocycles. The largest absolute Gasteiger partial charge is 0.384 e. The van der Waals surface area contributed by atoms with Crippen molar-refractivity contribution in [1.29, 1.82) is 0 Å². The van der Waals surface area contributed by atoms with Gasteiger partial charge in [-0.1, -0.05) is 46.6 Å². The van der Waals surface area contributed by atoms with Crippen LogP contribution in [0, 0.1) is 11.8 Å². The number of aliphatic hydroxyl groups excluding tert-OH is 1. The molecule has 0 aliphatic heterocycles. The third-order valence-electron chi connectivity index (χ3n) is 2.50. The fraction of sp³-hybridized carbons (Fsp3) is 0.0714. The van der Waals surface area contributed by atoms with Crippen molar-refractivity contribution < 1.29 is 9.90 Å². The van der Waals surface area contributed by atoms with Gasteiger partial charge < -0.3 is 15.4 Å². The molecule has 4 nitrogen and oxygen atoms in total. The van der Waals surface area contributed by atoms with Crippen LogP contribution in [0.4, 0.5) is 5.69 Å². The third kappa shape index (κ3) is 3.93. The first-order chi connectivity index (χ1) is 10.0. The number of carbonyl (C=O) groups excluding carboxylic acids is 1. The second-order valence-electron chi connectivity index (χ2n) is 3.95. The summed E-state index contributed by atoms with van der Waals surface area (Å²) >= 11 is 17.4. The van der Waals surface area contributed by atoms with E-state index in [0.29, 0.717) is 16.3 Å². The van der Waals surface area contributed by atoms with Crippen LogP contribution in [-0.4, -0.2) is 22.6 Å². The van der Waals surface area contributed by atoms with Gasteiger partial charge in [0.05, 0.1) is 10.7 Å². The van der Waals surface area contributed by atoms with E-state index in [1.807, 2.05) is 0 Å². The number of aliphatic hydroxyl groups is 1. The molecule has 0 saturated carbocycles. The van der Waals surface area contributed by atoms with Crippen LogP contribution in [0.5, 0.6) is 0 Å².